The summed E-state index contributed by atoms with van der Waals surface area (Å²) in [4.78, 5) is 11.3. The molecular weight excluding hydrogens is 274 g/mol. The minimum absolute atomic E-state index is 0.115. The molecule has 0 amide bonds. The molecule has 1 aromatic rings. The predicted octanol–water partition coefficient (Wildman–Crippen LogP) is 1.84. The van der Waals surface area contributed by atoms with Crippen molar-refractivity contribution in [3.63, 3.8) is 0 Å². The zero-order valence-electron chi connectivity index (χ0n) is 13.0. The van der Waals surface area contributed by atoms with Gasteiger partial charge in [-0.25, -0.2) is 4.39 Å². The van der Waals surface area contributed by atoms with Crippen LogP contribution in [-0.2, 0) is 25.3 Å². The fraction of sp³-hybridized carbons (Fsp3) is 0.533. The molecule has 1 aliphatic heterocycles. The van der Waals surface area contributed by atoms with Crippen LogP contribution in [0.4, 0.5) is 4.39 Å². The van der Waals surface area contributed by atoms with Crippen molar-refractivity contribution in [3.8, 4) is 0 Å². The highest BCUT2D eigenvalue weighted by molar-refractivity contribution is 6.62. The van der Waals surface area contributed by atoms with Crippen molar-refractivity contribution >= 4 is 18.6 Å². The van der Waals surface area contributed by atoms with Gasteiger partial charge in [0.05, 0.1) is 24.7 Å². The molecule has 1 saturated heterocycles. The lowest BCUT2D eigenvalue weighted by atomic mass is 9.78. The van der Waals surface area contributed by atoms with Crippen LogP contribution >= 0.6 is 0 Å². The van der Waals surface area contributed by atoms with Gasteiger partial charge in [0.25, 0.3) is 0 Å². The molecule has 0 aromatic heterocycles. The van der Waals surface area contributed by atoms with E-state index in [4.69, 9.17) is 9.31 Å². The lowest BCUT2D eigenvalue weighted by Crippen LogP contribution is -2.41. The van der Waals surface area contributed by atoms with E-state index >= 15 is 0 Å². The van der Waals surface area contributed by atoms with E-state index in [1.807, 2.05) is 27.7 Å². The van der Waals surface area contributed by atoms with Gasteiger partial charge in [0.1, 0.15) is 5.82 Å². The first-order valence-electron chi connectivity index (χ1n) is 6.87. The van der Waals surface area contributed by atoms with E-state index in [0.29, 0.717) is 5.46 Å². The molecule has 21 heavy (non-hydrogen) atoms. The highest BCUT2D eigenvalue weighted by Gasteiger charge is 2.51. The van der Waals surface area contributed by atoms with Crippen LogP contribution in [0.3, 0.4) is 0 Å². The van der Waals surface area contributed by atoms with Crippen molar-refractivity contribution < 1.29 is 23.2 Å². The van der Waals surface area contributed by atoms with Crippen molar-refractivity contribution in [1.29, 1.82) is 0 Å². The van der Waals surface area contributed by atoms with Crippen LogP contribution in [0.5, 0.6) is 0 Å². The molecule has 114 valence electrons. The summed E-state index contributed by atoms with van der Waals surface area (Å²) in [6, 6.07) is 4.52. The molecule has 0 bridgehead atoms. The summed E-state index contributed by atoms with van der Waals surface area (Å²) in [6.45, 7) is 7.80. The summed E-state index contributed by atoms with van der Waals surface area (Å²) in [5.41, 5.74) is 0.0337. The fourth-order valence-corrected chi connectivity index (χ4v) is 2.08. The minimum Gasteiger partial charge on any atom is -0.469 e. The van der Waals surface area contributed by atoms with Crippen LogP contribution in [0, 0.1) is 5.82 Å². The van der Waals surface area contributed by atoms with Gasteiger partial charge in [0.2, 0.25) is 0 Å². The Labute approximate surface area is 124 Å². The third kappa shape index (κ3) is 3.11. The van der Waals surface area contributed by atoms with Crippen molar-refractivity contribution in [2.24, 2.45) is 0 Å². The van der Waals surface area contributed by atoms with Crippen LogP contribution in [-0.4, -0.2) is 31.4 Å². The molecule has 2 rings (SSSR count). The molecule has 0 N–H and O–H groups in total. The van der Waals surface area contributed by atoms with Crippen molar-refractivity contribution in [2.75, 3.05) is 7.11 Å². The molecule has 1 fully saturated rings. The third-order valence-electron chi connectivity index (χ3n) is 4.16. The first-order chi connectivity index (χ1) is 9.66. The second-order valence-corrected chi connectivity index (χ2v) is 6.19. The summed E-state index contributed by atoms with van der Waals surface area (Å²) in [6.07, 6.45) is -0.115. The van der Waals surface area contributed by atoms with Gasteiger partial charge in [-0.1, -0.05) is 12.1 Å². The van der Waals surface area contributed by atoms with Crippen molar-refractivity contribution in [2.45, 2.75) is 45.3 Å². The van der Waals surface area contributed by atoms with E-state index in [2.05, 4.69) is 4.74 Å². The monoisotopic (exact) mass is 294 g/mol. The van der Waals surface area contributed by atoms with Crippen molar-refractivity contribution in [1.82, 2.24) is 0 Å². The number of hydrogen-bond acceptors (Lipinski definition) is 4. The van der Waals surface area contributed by atoms with E-state index in [9.17, 15) is 9.18 Å². The molecule has 0 radical (unpaired) electrons. The van der Waals surface area contributed by atoms with Crippen LogP contribution in [0.15, 0.2) is 18.2 Å². The molecular formula is C15H20BFO4. The molecule has 0 aliphatic carbocycles. The van der Waals surface area contributed by atoms with E-state index in [1.165, 1.54) is 13.2 Å². The largest absolute Gasteiger partial charge is 0.494 e. The Morgan fingerprint density at radius 2 is 1.81 bits per heavy atom. The smallest absolute Gasteiger partial charge is 0.469 e. The summed E-state index contributed by atoms with van der Waals surface area (Å²) in [5.74, 6) is -0.930. The lowest BCUT2D eigenvalue weighted by Gasteiger charge is -2.32. The highest BCUT2D eigenvalue weighted by atomic mass is 19.1. The molecule has 0 saturated carbocycles. The maximum Gasteiger partial charge on any atom is 0.494 e. The molecule has 0 atom stereocenters. The average molecular weight is 294 g/mol. The Morgan fingerprint density at radius 1 is 1.24 bits per heavy atom. The molecule has 4 nitrogen and oxygen atoms in total. The number of halogens is 1. The normalized spacial score (nSPS) is 19.6. The van der Waals surface area contributed by atoms with E-state index in [-0.39, 0.29) is 12.0 Å². The summed E-state index contributed by atoms with van der Waals surface area (Å²) < 4.78 is 30.2. The Balaban J connectivity index is 2.26. The van der Waals surface area contributed by atoms with Gasteiger partial charge in [-0.2, -0.15) is 0 Å². The van der Waals surface area contributed by atoms with Gasteiger partial charge in [-0.3, -0.25) is 4.79 Å². The van der Waals surface area contributed by atoms with Gasteiger partial charge in [0, 0.05) is 0 Å². The predicted molar refractivity (Wildman–Crippen MR) is 77.8 cm³/mol. The van der Waals surface area contributed by atoms with Gasteiger partial charge < -0.3 is 14.0 Å². The third-order valence-corrected chi connectivity index (χ3v) is 4.16. The van der Waals surface area contributed by atoms with Crippen LogP contribution in [0.2, 0.25) is 0 Å². The van der Waals surface area contributed by atoms with E-state index < -0.39 is 30.1 Å². The lowest BCUT2D eigenvalue weighted by molar-refractivity contribution is -0.139. The topological polar surface area (TPSA) is 44.8 Å². The SMILES string of the molecule is COC(=O)Cc1cc(B2OC(C)(C)C(C)(C)O2)ccc1F. The Kier molecular flexibility index (Phi) is 4.13. The van der Waals surface area contributed by atoms with Gasteiger partial charge in [0.15, 0.2) is 0 Å². The maximum absolute atomic E-state index is 13.8. The molecule has 0 spiro atoms. The average Bonchev–Trinajstić information content (AvgIpc) is 2.61. The summed E-state index contributed by atoms with van der Waals surface area (Å²) in [5, 5.41) is 0. The molecule has 6 heteroatoms. The quantitative estimate of drug-likeness (QED) is 0.630. The molecule has 0 unspecified atom stereocenters. The highest BCUT2D eigenvalue weighted by Crippen LogP contribution is 2.36. The zero-order valence-corrected chi connectivity index (χ0v) is 13.0. The second-order valence-electron chi connectivity index (χ2n) is 6.19. The second kappa shape index (κ2) is 5.42. The van der Waals surface area contributed by atoms with Gasteiger partial charge in [-0.05, 0) is 44.8 Å². The molecule has 1 heterocycles. The standard InChI is InChI=1S/C15H20BFO4/c1-14(2)15(3,4)21-16(20-14)11-6-7-12(17)10(8-11)9-13(18)19-5/h6-8H,9H2,1-5H3. The number of hydrogen-bond donors (Lipinski definition) is 0. The zero-order chi connectivity index (χ0) is 15.8. The number of benzene rings is 1. The van der Waals surface area contributed by atoms with Gasteiger partial charge >= 0.3 is 13.1 Å². The first kappa shape index (κ1) is 16.0. The Bertz CT molecular complexity index is 541. The fourth-order valence-electron chi connectivity index (χ4n) is 2.08. The van der Waals surface area contributed by atoms with Crippen molar-refractivity contribution in [3.05, 3.63) is 29.6 Å². The van der Waals surface area contributed by atoms with Crippen LogP contribution < -0.4 is 5.46 Å². The van der Waals surface area contributed by atoms with E-state index in [0.717, 1.165) is 0 Å². The Morgan fingerprint density at radius 3 is 2.33 bits per heavy atom. The number of carbonyl (C=O) groups is 1. The van der Waals surface area contributed by atoms with E-state index in [1.54, 1.807) is 12.1 Å². The number of carbonyl (C=O) groups excluding carboxylic acids is 1. The summed E-state index contributed by atoms with van der Waals surface area (Å²) in [7, 11) is 0.699. The number of rotatable bonds is 3. The number of ether oxygens (including phenoxy) is 1. The Hall–Kier alpha value is -1.40. The maximum atomic E-state index is 13.8. The minimum atomic E-state index is -0.577. The van der Waals surface area contributed by atoms with Gasteiger partial charge in [-0.15, -0.1) is 0 Å². The first-order valence-corrected chi connectivity index (χ1v) is 6.87. The van der Waals surface area contributed by atoms with Crippen LogP contribution in [0.1, 0.15) is 33.3 Å². The number of methoxy groups -OCH3 is 1. The molecule has 1 aliphatic rings. The number of esters is 1. The summed E-state index contributed by atoms with van der Waals surface area (Å²) >= 11 is 0. The molecule has 1 aromatic carbocycles. The van der Waals surface area contributed by atoms with Crippen LogP contribution in [0.25, 0.3) is 0 Å².